The van der Waals surface area contributed by atoms with Gasteiger partial charge in [0.25, 0.3) is 0 Å². The third-order valence-electron chi connectivity index (χ3n) is 4.50. The Bertz CT molecular complexity index is 1240. The predicted molar refractivity (Wildman–Crippen MR) is 120 cm³/mol. The van der Waals surface area contributed by atoms with Crippen LogP contribution >= 0.6 is 11.6 Å². The van der Waals surface area contributed by atoms with Gasteiger partial charge < -0.3 is 20.4 Å². The van der Waals surface area contributed by atoms with Crippen LogP contribution in [0.2, 0.25) is 5.02 Å². The van der Waals surface area contributed by atoms with Crippen molar-refractivity contribution in [2.75, 3.05) is 10.6 Å². The van der Waals surface area contributed by atoms with Gasteiger partial charge in [0.15, 0.2) is 0 Å². The van der Waals surface area contributed by atoms with Crippen molar-refractivity contribution >= 4 is 29.0 Å². The zero-order valence-electron chi connectivity index (χ0n) is 16.8. The van der Waals surface area contributed by atoms with Crippen LogP contribution in [0.3, 0.4) is 0 Å². The van der Waals surface area contributed by atoms with E-state index in [2.05, 4.69) is 20.6 Å². The molecule has 0 atom stereocenters. The molecule has 0 spiro atoms. The number of nitrogens with one attached hydrogen (secondary N) is 3. The van der Waals surface area contributed by atoms with Gasteiger partial charge in [0.05, 0.1) is 10.6 Å². The number of rotatable bonds is 5. The van der Waals surface area contributed by atoms with Crippen molar-refractivity contribution in [1.29, 1.82) is 0 Å². The van der Waals surface area contributed by atoms with Crippen molar-refractivity contribution in [3.05, 3.63) is 89.7 Å². The monoisotopic (exact) mass is 472 g/mol. The highest BCUT2D eigenvalue weighted by Crippen LogP contribution is 2.36. The van der Waals surface area contributed by atoms with Crippen LogP contribution in [0.4, 0.5) is 29.3 Å². The van der Waals surface area contributed by atoms with Crippen LogP contribution < -0.4 is 15.4 Å². The number of aromatic nitrogens is 2. The van der Waals surface area contributed by atoms with Crippen LogP contribution in [0.25, 0.3) is 11.4 Å². The lowest BCUT2D eigenvalue weighted by Crippen LogP contribution is -2.19. The molecule has 0 aliphatic carbocycles. The van der Waals surface area contributed by atoms with Gasteiger partial charge in [-0.25, -0.2) is 9.78 Å². The molecule has 0 saturated heterocycles. The topological polar surface area (TPSA) is 79.0 Å². The van der Waals surface area contributed by atoms with Crippen molar-refractivity contribution in [1.82, 2.24) is 9.97 Å². The maximum Gasteiger partial charge on any atom is 0.417 e. The Kier molecular flexibility index (Phi) is 6.23. The number of imidazole rings is 1. The molecule has 0 aliphatic heterocycles. The van der Waals surface area contributed by atoms with Gasteiger partial charge in [-0.05, 0) is 66.7 Å². The van der Waals surface area contributed by atoms with Gasteiger partial charge >= 0.3 is 12.2 Å². The van der Waals surface area contributed by atoms with E-state index < -0.39 is 22.8 Å². The maximum absolute atomic E-state index is 13.0. The van der Waals surface area contributed by atoms with Crippen LogP contribution in [0.15, 0.2) is 79.1 Å². The second-order valence-electron chi connectivity index (χ2n) is 6.86. The summed E-state index contributed by atoms with van der Waals surface area (Å²) in [4.78, 5) is 19.4. The lowest BCUT2D eigenvalue weighted by molar-refractivity contribution is -0.137. The molecule has 168 valence electrons. The van der Waals surface area contributed by atoms with Crippen molar-refractivity contribution in [2.45, 2.75) is 6.18 Å². The Morgan fingerprint density at radius 1 is 0.909 bits per heavy atom. The van der Waals surface area contributed by atoms with Gasteiger partial charge in [-0.1, -0.05) is 11.6 Å². The fourth-order valence-electron chi connectivity index (χ4n) is 2.96. The zero-order valence-corrected chi connectivity index (χ0v) is 17.5. The first-order valence-corrected chi connectivity index (χ1v) is 9.98. The third-order valence-corrected chi connectivity index (χ3v) is 4.83. The number of hydrogen-bond donors (Lipinski definition) is 3. The molecule has 0 bridgehead atoms. The number of aromatic amines is 1. The summed E-state index contributed by atoms with van der Waals surface area (Å²) in [5, 5.41) is 4.46. The van der Waals surface area contributed by atoms with Gasteiger partial charge in [-0.15, -0.1) is 0 Å². The average molecular weight is 473 g/mol. The predicted octanol–water partition coefficient (Wildman–Crippen LogP) is 7.19. The molecule has 3 aromatic carbocycles. The summed E-state index contributed by atoms with van der Waals surface area (Å²) in [5.41, 5.74) is 0.279. The molecule has 4 aromatic rings. The Labute approximate surface area is 191 Å². The van der Waals surface area contributed by atoms with E-state index in [4.69, 9.17) is 16.3 Å². The van der Waals surface area contributed by atoms with E-state index in [9.17, 15) is 18.0 Å². The Hall–Kier alpha value is -3.98. The first-order valence-electron chi connectivity index (χ1n) is 9.60. The average Bonchev–Trinajstić information content (AvgIpc) is 3.31. The van der Waals surface area contributed by atoms with Gasteiger partial charge in [0.2, 0.25) is 0 Å². The maximum atomic E-state index is 13.0. The fraction of sp³-hybridized carbons (Fsp3) is 0.0435. The molecule has 4 rings (SSSR count). The SMILES string of the molecule is O=C(Nc1ccc(Oc2ccc(-c3ncc[nH]3)cc2)cc1)Nc1ccc(Cl)c(C(F)(F)F)c1. The molecule has 3 N–H and O–H groups in total. The first-order chi connectivity index (χ1) is 15.8. The smallest absolute Gasteiger partial charge is 0.417 e. The summed E-state index contributed by atoms with van der Waals surface area (Å²) in [6.45, 7) is 0. The number of hydrogen-bond acceptors (Lipinski definition) is 3. The zero-order chi connectivity index (χ0) is 23.4. The van der Waals surface area contributed by atoms with E-state index in [0.717, 1.165) is 23.5 Å². The highest BCUT2D eigenvalue weighted by atomic mass is 35.5. The van der Waals surface area contributed by atoms with Crippen molar-refractivity contribution in [2.24, 2.45) is 0 Å². The van der Waals surface area contributed by atoms with E-state index >= 15 is 0 Å². The molecule has 0 radical (unpaired) electrons. The van der Waals surface area contributed by atoms with Crippen molar-refractivity contribution in [3.8, 4) is 22.9 Å². The summed E-state index contributed by atoms with van der Waals surface area (Å²) < 4.78 is 44.7. The van der Waals surface area contributed by atoms with Gasteiger partial charge in [-0.3, -0.25) is 0 Å². The van der Waals surface area contributed by atoms with Crippen molar-refractivity contribution in [3.63, 3.8) is 0 Å². The van der Waals surface area contributed by atoms with E-state index in [1.54, 1.807) is 48.8 Å². The molecule has 10 heteroatoms. The Morgan fingerprint density at radius 2 is 1.52 bits per heavy atom. The molecule has 33 heavy (non-hydrogen) atoms. The van der Waals surface area contributed by atoms with Crippen LogP contribution in [0.1, 0.15) is 5.56 Å². The Morgan fingerprint density at radius 3 is 2.12 bits per heavy atom. The lowest BCUT2D eigenvalue weighted by atomic mass is 10.2. The summed E-state index contributed by atoms with van der Waals surface area (Å²) in [7, 11) is 0. The molecule has 0 unspecified atom stereocenters. The van der Waals surface area contributed by atoms with Crippen molar-refractivity contribution < 1.29 is 22.7 Å². The number of alkyl halides is 3. The molecule has 1 aromatic heterocycles. The van der Waals surface area contributed by atoms with Gasteiger partial charge in [0.1, 0.15) is 17.3 Å². The highest BCUT2D eigenvalue weighted by molar-refractivity contribution is 6.31. The second-order valence-corrected chi connectivity index (χ2v) is 7.27. The summed E-state index contributed by atoms with van der Waals surface area (Å²) in [6, 6.07) is 16.3. The third kappa shape index (κ3) is 5.64. The second kappa shape index (κ2) is 9.25. The van der Waals surface area contributed by atoms with E-state index in [1.807, 2.05) is 12.1 Å². The molecule has 0 aliphatic rings. The fourth-order valence-corrected chi connectivity index (χ4v) is 3.18. The van der Waals surface area contributed by atoms with Crippen LogP contribution in [0.5, 0.6) is 11.5 Å². The van der Waals surface area contributed by atoms with Crippen LogP contribution in [-0.2, 0) is 6.18 Å². The number of benzene rings is 3. The molecule has 1 heterocycles. The number of carbonyl (C=O) groups excluding carboxylic acids is 1. The lowest BCUT2D eigenvalue weighted by Gasteiger charge is -2.12. The number of urea groups is 1. The minimum absolute atomic E-state index is 0.0397. The van der Waals surface area contributed by atoms with Crippen LogP contribution in [-0.4, -0.2) is 16.0 Å². The number of ether oxygens (including phenoxy) is 1. The quantitative estimate of drug-likeness (QED) is 0.288. The number of amides is 2. The minimum atomic E-state index is -4.62. The minimum Gasteiger partial charge on any atom is -0.457 e. The normalized spacial score (nSPS) is 11.2. The highest BCUT2D eigenvalue weighted by Gasteiger charge is 2.33. The van der Waals surface area contributed by atoms with Crippen LogP contribution in [0, 0.1) is 0 Å². The summed E-state index contributed by atoms with van der Waals surface area (Å²) in [6.07, 6.45) is -1.21. The molecule has 6 nitrogen and oxygen atoms in total. The first kappa shape index (κ1) is 22.2. The largest absolute Gasteiger partial charge is 0.457 e. The van der Waals surface area contributed by atoms with E-state index in [0.29, 0.717) is 17.2 Å². The van der Waals surface area contributed by atoms with E-state index in [-0.39, 0.29) is 5.69 Å². The summed E-state index contributed by atoms with van der Waals surface area (Å²) >= 11 is 5.59. The standard InChI is InChI=1S/C23H16ClF3N4O2/c24-20-10-5-16(13-19(20)23(25,26)27)31-22(32)30-15-3-8-18(9-4-15)33-17-6-1-14(2-7-17)21-28-11-12-29-21/h1-13H,(H,28,29)(H2,30,31,32). The number of H-pyrrole nitrogens is 1. The Balaban J connectivity index is 1.35. The number of carbonyl (C=O) groups is 1. The number of anilines is 2. The molecule has 0 fully saturated rings. The van der Waals surface area contributed by atoms with E-state index in [1.165, 1.54) is 6.07 Å². The number of halogens is 4. The molecular weight excluding hydrogens is 457 g/mol. The molecule has 2 amide bonds. The molecule has 0 saturated carbocycles. The number of nitrogens with zero attached hydrogens (tertiary/aromatic N) is 1. The summed E-state index contributed by atoms with van der Waals surface area (Å²) in [5.74, 6) is 1.91. The van der Waals surface area contributed by atoms with Gasteiger partial charge in [-0.2, -0.15) is 13.2 Å². The van der Waals surface area contributed by atoms with Gasteiger partial charge in [0, 0.05) is 29.3 Å². The molecular formula is C23H16ClF3N4O2.